The van der Waals surface area contributed by atoms with Crippen molar-refractivity contribution in [2.75, 3.05) is 47.4 Å². The Bertz CT molecular complexity index is 1340. The molecule has 4 rings (SSSR count). The van der Waals surface area contributed by atoms with E-state index in [2.05, 4.69) is 5.32 Å². The molecule has 0 fully saturated rings. The quantitative estimate of drug-likeness (QED) is 0.396. The molecular weight excluding hydrogens is 517 g/mol. The predicted molar refractivity (Wildman–Crippen MR) is 138 cm³/mol. The number of ether oxygens (including phenoxy) is 5. The van der Waals surface area contributed by atoms with E-state index in [4.69, 9.17) is 23.7 Å². The molecule has 0 radical (unpaired) electrons. The molecule has 2 amide bonds. The highest BCUT2D eigenvalue weighted by Crippen LogP contribution is 2.43. The number of fused-ring (bicyclic) bond motifs is 1. The topological polar surface area (TPSA) is 78.5 Å². The highest BCUT2D eigenvalue weighted by molar-refractivity contribution is 5.91. The molecule has 1 heterocycles. The zero-order valence-electron chi connectivity index (χ0n) is 22.1. The molecule has 0 aromatic heterocycles. The average Bonchev–Trinajstić information content (AvgIpc) is 2.94. The van der Waals surface area contributed by atoms with Crippen molar-refractivity contribution in [2.24, 2.45) is 0 Å². The second-order valence-corrected chi connectivity index (χ2v) is 8.72. The summed E-state index contributed by atoms with van der Waals surface area (Å²) in [6, 6.07) is 10.3. The van der Waals surface area contributed by atoms with Gasteiger partial charge in [-0.3, -0.25) is 0 Å². The Morgan fingerprint density at radius 3 is 2.03 bits per heavy atom. The van der Waals surface area contributed by atoms with Gasteiger partial charge in [0.15, 0.2) is 23.0 Å². The standard InChI is InChI=1S/C28H29F3N2O6/c1-35-21-12-16-9-10-33(27(34)32-19-13-23(37-3)26(39-5)24(14-19)38-4)25(20(16)15-22(21)36-2)17-7-6-8-18(11-17)28(29,30)31/h6-8,11-15,25H,9-10H2,1-5H3,(H,32,34)/t25-/m0/s1. The molecule has 1 N–H and O–H groups in total. The summed E-state index contributed by atoms with van der Waals surface area (Å²) in [5, 5.41) is 2.83. The summed E-state index contributed by atoms with van der Waals surface area (Å²) in [7, 11) is 7.36. The minimum Gasteiger partial charge on any atom is -0.493 e. The van der Waals surface area contributed by atoms with Gasteiger partial charge in [0, 0.05) is 18.7 Å². The number of nitrogens with zero attached hydrogens (tertiary/aromatic N) is 1. The van der Waals surface area contributed by atoms with Crippen LogP contribution in [0.5, 0.6) is 28.7 Å². The first kappa shape index (κ1) is 27.7. The summed E-state index contributed by atoms with van der Waals surface area (Å²) < 4.78 is 67.9. The number of urea groups is 1. The highest BCUT2D eigenvalue weighted by atomic mass is 19.4. The third kappa shape index (κ3) is 5.47. The van der Waals surface area contributed by atoms with Gasteiger partial charge in [-0.05, 0) is 47.4 Å². The maximum Gasteiger partial charge on any atom is 0.416 e. The third-order valence-electron chi connectivity index (χ3n) is 6.58. The fraction of sp³-hybridized carbons (Fsp3) is 0.321. The van der Waals surface area contributed by atoms with Crippen molar-refractivity contribution in [3.8, 4) is 28.7 Å². The normalized spacial score (nSPS) is 14.8. The molecular formula is C28H29F3N2O6. The molecule has 1 atom stereocenters. The number of methoxy groups -OCH3 is 5. The molecule has 0 unspecified atom stereocenters. The summed E-state index contributed by atoms with van der Waals surface area (Å²) in [5.74, 6) is 1.92. The number of rotatable bonds is 7. The maximum absolute atomic E-state index is 13.7. The molecule has 1 aliphatic heterocycles. The molecule has 3 aromatic rings. The van der Waals surface area contributed by atoms with Crippen LogP contribution in [-0.4, -0.2) is 53.0 Å². The average molecular weight is 547 g/mol. The van der Waals surface area contributed by atoms with Gasteiger partial charge in [-0.15, -0.1) is 0 Å². The molecule has 0 saturated heterocycles. The van der Waals surface area contributed by atoms with Crippen LogP contribution in [0.2, 0.25) is 0 Å². The van der Waals surface area contributed by atoms with Gasteiger partial charge in [0.1, 0.15) is 0 Å². The lowest BCUT2D eigenvalue weighted by Gasteiger charge is -2.38. The maximum atomic E-state index is 13.7. The first-order valence-corrected chi connectivity index (χ1v) is 11.9. The van der Waals surface area contributed by atoms with Crippen LogP contribution in [0.15, 0.2) is 48.5 Å². The molecule has 208 valence electrons. The fourth-order valence-corrected chi connectivity index (χ4v) is 4.76. The number of amides is 2. The van der Waals surface area contributed by atoms with Crippen molar-refractivity contribution in [3.05, 3.63) is 70.8 Å². The van der Waals surface area contributed by atoms with E-state index in [-0.39, 0.29) is 6.54 Å². The number of nitrogens with one attached hydrogen (secondary N) is 1. The highest BCUT2D eigenvalue weighted by Gasteiger charge is 2.36. The number of hydrogen-bond donors (Lipinski definition) is 1. The first-order chi connectivity index (χ1) is 18.6. The SMILES string of the molecule is COc1cc2c(cc1OC)[C@H](c1cccc(C(F)(F)F)c1)N(C(=O)Nc1cc(OC)c(OC)c(OC)c1)CC2. The molecule has 0 aliphatic carbocycles. The minimum absolute atomic E-state index is 0.236. The monoisotopic (exact) mass is 546 g/mol. The van der Waals surface area contributed by atoms with E-state index < -0.39 is 23.8 Å². The smallest absolute Gasteiger partial charge is 0.416 e. The van der Waals surface area contributed by atoms with Gasteiger partial charge >= 0.3 is 12.2 Å². The Morgan fingerprint density at radius 2 is 1.46 bits per heavy atom. The summed E-state index contributed by atoms with van der Waals surface area (Å²) in [6.45, 7) is 0.236. The van der Waals surface area contributed by atoms with Crippen LogP contribution in [0.4, 0.5) is 23.7 Å². The van der Waals surface area contributed by atoms with E-state index in [1.165, 1.54) is 46.5 Å². The number of hydrogen-bond acceptors (Lipinski definition) is 6. The van der Waals surface area contributed by atoms with Gasteiger partial charge in [0.2, 0.25) is 5.75 Å². The lowest BCUT2D eigenvalue weighted by molar-refractivity contribution is -0.137. The van der Waals surface area contributed by atoms with Crippen LogP contribution in [0.25, 0.3) is 0 Å². The minimum atomic E-state index is -4.55. The van der Waals surface area contributed by atoms with Crippen LogP contribution in [-0.2, 0) is 12.6 Å². The van der Waals surface area contributed by atoms with Crippen molar-refractivity contribution in [3.63, 3.8) is 0 Å². The summed E-state index contributed by atoms with van der Waals surface area (Å²) in [5.41, 5.74) is 1.33. The molecule has 0 saturated carbocycles. The van der Waals surface area contributed by atoms with E-state index in [0.29, 0.717) is 52.0 Å². The Balaban J connectivity index is 1.80. The Morgan fingerprint density at radius 1 is 0.846 bits per heavy atom. The Hall–Kier alpha value is -4.28. The molecule has 0 spiro atoms. The van der Waals surface area contributed by atoms with Gasteiger partial charge < -0.3 is 33.9 Å². The van der Waals surface area contributed by atoms with Crippen LogP contribution >= 0.6 is 0 Å². The number of halogens is 3. The fourth-order valence-electron chi connectivity index (χ4n) is 4.76. The Labute approximate surface area is 224 Å². The first-order valence-electron chi connectivity index (χ1n) is 11.9. The zero-order chi connectivity index (χ0) is 28.3. The second kappa shape index (κ2) is 11.2. The summed E-state index contributed by atoms with van der Waals surface area (Å²) >= 11 is 0. The summed E-state index contributed by atoms with van der Waals surface area (Å²) in [4.78, 5) is 15.2. The number of benzene rings is 3. The van der Waals surface area contributed by atoms with E-state index in [1.54, 1.807) is 30.3 Å². The Kier molecular flexibility index (Phi) is 7.98. The van der Waals surface area contributed by atoms with Crippen molar-refractivity contribution >= 4 is 11.7 Å². The molecule has 39 heavy (non-hydrogen) atoms. The summed E-state index contributed by atoms with van der Waals surface area (Å²) in [6.07, 6.45) is -4.10. The second-order valence-electron chi connectivity index (χ2n) is 8.72. The van der Waals surface area contributed by atoms with E-state index in [9.17, 15) is 18.0 Å². The van der Waals surface area contributed by atoms with Crippen molar-refractivity contribution < 1.29 is 41.7 Å². The number of carbonyl (C=O) groups excluding carboxylic acids is 1. The number of anilines is 1. The van der Waals surface area contributed by atoms with Crippen LogP contribution in [0.3, 0.4) is 0 Å². The van der Waals surface area contributed by atoms with E-state index in [1.807, 2.05) is 0 Å². The van der Waals surface area contributed by atoms with E-state index in [0.717, 1.165) is 17.7 Å². The van der Waals surface area contributed by atoms with E-state index >= 15 is 0 Å². The zero-order valence-corrected chi connectivity index (χ0v) is 22.1. The van der Waals surface area contributed by atoms with Gasteiger partial charge in [-0.2, -0.15) is 13.2 Å². The third-order valence-corrected chi connectivity index (χ3v) is 6.58. The predicted octanol–water partition coefficient (Wildman–Crippen LogP) is 5.93. The lowest BCUT2D eigenvalue weighted by atomic mass is 9.87. The van der Waals surface area contributed by atoms with Crippen LogP contribution in [0.1, 0.15) is 28.3 Å². The van der Waals surface area contributed by atoms with Gasteiger partial charge in [-0.25, -0.2) is 4.79 Å². The lowest BCUT2D eigenvalue weighted by Crippen LogP contribution is -2.43. The van der Waals surface area contributed by atoms with Crippen LogP contribution < -0.4 is 29.0 Å². The molecule has 11 heteroatoms. The number of alkyl halides is 3. The number of carbonyl (C=O) groups is 1. The largest absolute Gasteiger partial charge is 0.493 e. The molecule has 8 nitrogen and oxygen atoms in total. The molecule has 0 bridgehead atoms. The van der Waals surface area contributed by atoms with Gasteiger partial charge in [0.05, 0.1) is 52.8 Å². The van der Waals surface area contributed by atoms with Crippen molar-refractivity contribution in [1.29, 1.82) is 0 Å². The molecule has 1 aliphatic rings. The van der Waals surface area contributed by atoms with Crippen molar-refractivity contribution in [1.82, 2.24) is 4.90 Å². The van der Waals surface area contributed by atoms with Gasteiger partial charge in [-0.1, -0.05) is 12.1 Å². The van der Waals surface area contributed by atoms with Crippen molar-refractivity contribution in [2.45, 2.75) is 18.6 Å². The van der Waals surface area contributed by atoms with Crippen LogP contribution in [0, 0.1) is 0 Å². The van der Waals surface area contributed by atoms with Gasteiger partial charge in [0.25, 0.3) is 0 Å². The molecule has 3 aromatic carbocycles.